The number of nitro groups is 1. The molecular formula is C17H15N3O4S. The fourth-order valence-electron chi connectivity index (χ4n) is 1.95. The van der Waals surface area contributed by atoms with Crippen LogP contribution in [0.4, 0.5) is 11.4 Å². The molecule has 2 N–H and O–H groups in total. The fraction of sp³-hybridized carbons (Fsp3) is 0.0588. The van der Waals surface area contributed by atoms with Crippen LogP contribution in [0, 0.1) is 10.1 Å². The summed E-state index contributed by atoms with van der Waals surface area (Å²) in [7, 11) is 0. The number of carbonyl (C=O) groups excluding carboxylic acids is 1. The van der Waals surface area contributed by atoms with Gasteiger partial charge in [-0.15, -0.1) is 0 Å². The lowest BCUT2D eigenvalue weighted by atomic mass is 10.1. The summed E-state index contributed by atoms with van der Waals surface area (Å²) in [5.41, 5.74) is 0.287. The van der Waals surface area contributed by atoms with E-state index in [-0.39, 0.29) is 16.4 Å². The smallest absolute Gasteiger partial charge is 0.282 e. The summed E-state index contributed by atoms with van der Waals surface area (Å²) >= 11 is 5.07. The molecule has 0 saturated carbocycles. The van der Waals surface area contributed by atoms with Gasteiger partial charge in [0.1, 0.15) is 17.9 Å². The number of carbonyl (C=O) groups is 1. The molecule has 0 unspecified atom stereocenters. The zero-order valence-electron chi connectivity index (χ0n) is 13.1. The molecule has 25 heavy (non-hydrogen) atoms. The number of hydrogen-bond donors (Lipinski definition) is 2. The third-order valence-electron chi connectivity index (χ3n) is 3.05. The van der Waals surface area contributed by atoms with E-state index in [1.165, 1.54) is 18.2 Å². The average Bonchev–Trinajstić information content (AvgIpc) is 2.61. The molecule has 7 nitrogen and oxygen atoms in total. The van der Waals surface area contributed by atoms with Crippen molar-refractivity contribution in [2.75, 3.05) is 11.9 Å². The lowest BCUT2D eigenvalue weighted by Crippen LogP contribution is -2.34. The average molecular weight is 357 g/mol. The molecule has 0 bridgehead atoms. The zero-order valence-corrected chi connectivity index (χ0v) is 13.9. The Bertz CT molecular complexity index is 806. The number of nitrogens with zero attached hydrogens (tertiary/aromatic N) is 1. The largest absolute Gasteiger partial charge is 0.490 e. The van der Waals surface area contributed by atoms with Crippen molar-refractivity contribution in [2.45, 2.75) is 0 Å². The van der Waals surface area contributed by atoms with E-state index in [9.17, 15) is 14.9 Å². The second-order valence-electron chi connectivity index (χ2n) is 4.81. The van der Waals surface area contributed by atoms with Gasteiger partial charge < -0.3 is 10.1 Å². The van der Waals surface area contributed by atoms with Gasteiger partial charge in [0.05, 0.1) is 4.92 Å². The normalized spacial score (nSPS) is 9.76. The van der Waals surface area contributed by atoms with Crippen molar-refractivity contribution in [1.82, 2.24) is 5.32 Å². The fourth-order valence-corrected chi connectivity index (χ4v) is 2.16. The Morgan fingerprint density at radius 1 is 1.24 bits per heavy atom. The summed E-state index contributed by atoms with van der Waals surface area (Å²) in [5, 5.41) is 16.2. The minimum Gasteiger partial charge on any atom is -0.490 e. The maximum Gasteiger partial charge on any atom is 0.282 e. The second-order valence-corrected chi connectivity index (χ2v) is 5.21. The van der Waals surface area contributed by atoms with Crippen LogP contribution in [-0.2, 0) is 0 Å². The number of para-hydroxylation sites is 1. The number of ether oxygens (including phenoxy) is 1. The number of hydrogen-bond acceptors (Lipinski definition) is 5. The third-order valence-corrected chi connectivity index (χ3v) is 3.26. The summed E-state index contributed by atoms with van der Waals surface area (Å²) in [5.74, 6) is 0.0102. The second kappa shape index (κ2) is 8.55. The standard InChI is InChI=1S/C17H15N3O4S/c1-2-11-24-13-9-7-12(8-10-13)18-17(25)19-16(21)14-5-3-4-6-15(14)20(22)23/h2-10H,1,11H2,(H2,18,19,21,25). The van der Waals surface area contributed by atoms with E-state index in [4.69, 9.17) is 17.0 Å². The van der Waals surface area contributed by atoms with E-state index in [0.29, 0.717) is 18.0 Å². The minimum atomic E-state index is -0.657. The molecule has 0 aliphatic rings. The number of amides is 1. The first-order valence-electron chi connectivity index (χ1n) is 7.21. The zero-order chi connectivity index (χ0) is 18.2. The van der Waals surface area contributed by atoms with Gasteiger partial charge in [-0.3, -0.25) is 20.2 Å². The molecule has 0 heterocycles. The van der Waals surface area contributed by atoms with Crippen molar-refractivity contribution in [2.24, 2.45) is 0 Å². The van der Waals surface area contributed by atoms with E-state index in [1.54, 1.807) is 36.4 Å². The molecule has 0 atom stereocenters. The maximum absolute atomic E-state index is 12.2. The predicted molar refractivity (Wildman–Crippen MR) is 98.9 cm³/mol. The maximum atomic E-state index is 12.2. The van der Waals surface area contributed by atoms with E-state index in [0.717, 1.165) is 0 Å². The van der Waals surface area contributed by atoms with Crippen LogP contribution in [0.3, 0.4) is 0 Å². The first-order valence-corrected chi connectivity index (χ1v) is 7.61. The molecule has 0 spiro atoms. The predicted octanol–water partition coefficient (Wildman–Crippen LogP) is 3.29. The summed E-state index contributed by atoms with van der Waals surface area (Å²) in [6.45, 7) is 3.97. The van der Waals surface area contributed by atoms with E-state index < -0.39 is 10.8 Å². The molecule has 1 amide bonds. The molecule has 0 fully saturated rings. The number of benzene rings is 2. The van der Waals surface area contributed by atoms with Crippen LogP contribution < -0.4 is 15.4 Å². The third kappa shape index (κ3) is 5.11. The Morgan fingerprint density at radius 3 is 2.56 bits per heavy atom. The number of thiocarbonyl (C=S) groups is 1. The molecule has 0 aliphatic heterocycles. The molecule has 0 radical (unpaired) electrons. The highest BCUT2D eigenvalue weighted by molar-refractivity contribution is 7.80. The van der Waals surface area contributed by atoms with Gasteiger partial charge in [-0.05, 0) is 42.5 Å². The van der Waals surface area contributed by atoms with Gasteiger partial charge in [0, 0.05) is 11.8 Å². The summed E-state index contributed by atoms with van der Waals surface area (Å²) in [6.07, 6.45) is 1.64. The van der Waals surface area contributed by atoms with Crippen LogP contribution in [-0.4, -0.2) is 22.5 Å². The molecule has 8 heteroatoms. The molecule has 0 aliphatic carbocycles. The molecule has 2 aromatic carbocycles. The highest BCUT2D eigenvalue weighted by Crippen LogP contribution is 2.18. The Labute approximate surface area is 149 Å². The Morgan fingerprint density at radius 2 is 1.92 bits per heavy atom. The van der Waals surface area contributed by atoms with Crippen molar-refractivity contribution >= 4 is 34.6 Å². The topological polar surface area (TPSA) is 93.5 Å². The highest BCUT2D eigenvalue weighted by atomic mass is 32.1. The van der Waals surface area contributed by atoms with Crippen molar-refractivity contribution < 1.29 is 14.5 Å². The van der Waals surface area contributed by atoms with Gasteiger partial charge in [0.2, 0.25) is 0 Å². The van der Waals surface area contributed by atoms with Gasteiger partial charge in [0.25, 0.3) is 11.6 Å². The number of nitrogens with one attached hydrogen (secondary N) is 2. The number of rotatable bonds is 6. The Balaban J connectivity index is 1.99. The number of anilines is 1. The number of nitro benzene ring substituents is 1. The molecular weight excluding hydrogens is 342 g/mol. The lowest BCUT2D eigenvalue weighted by molar-refractivity contribution is -0.385. The monoisotopic (exact) mass is 357 g/mol. The van der Waals surface area contributed by atoms with E-state index >= 15 is 0 Å². The highest BCUT2D eigenvalue weighted by Gasteiger charge is 2.19. The van der Waals surface area contributed by atoms with Crippen molar-refractivity contribution in [3.05, 3.63) is 76.9 Å². The first-order chi connectivity index (χ1) is 12.0. The molecule has 0 aromatic heterocycles. The van der Waals surface area contributed by atoms with Crippen molar-refractivity contribution in [3.8, 4) is 5.75 Å². The van der Waals surface area contributed by atoms with Gasteiger partial charge in [0.15, 0.2) is 5.11 Å². The van der Waals surface area contributed by atoms with Crippen LogP contribution in [0.2, 0.25) is 0 Å². The van der Waals surface area contributed by atoms with Crippen LogP contribution in [0.15, 0.2) is 61.2 Å². The first kappa shape index (κ1) is 18.1. The van der Waals surface area contributed by atoms with Crippen molar-refractivity contribution in [3.63, 3.8) is 0 Å². The van der Waals surface area contributed by atoms with Gasteiger partial charge >= 0.3 is 0 Å². The van der Waals surface area contributed by atoms with Gasteiger partial charge in [-0.1, -0.05) is 24.8 Å². The minimum absolute atomic E-state index is 0.0305. The quantitative estimate of drug-likeness (QED) is 0.357. The summed E-state index contributed by atoms with van der Waals surface area (Å²) in [4.78, 5) is 22.5. The summed E-state index contributed by atoms with van der Waals surface area (Å²) < 4.78 is 5.36. The van der Waals surface area contributed by atoms with E-state index in [1.807, 2.05) is 0 Å². The van der Waals surface area contributed by atoms with Gasteiger partial charge in [-0.25, -0.2) is 0 Å². The molecule has 2 rings (SSSR count). The van der Waals surface area contributed by atoms with Gasteiger partial charge in [-0.2, -0.15) is 0 Å². The lowest BCUT2D eigenvalue weighted by Gasteiger charge is -2.10. The van der Waals surface area contributed by atoms with Crippen LogP contribution in [0.5, 0.6) is 5.75 Å². The van der Waals surface area contributed by atoms with Crippen LogP contribution in [0.25, 0.3) is 0 Å². The summed E-state index contributed by atoms with van der Waals surface area (Å²) in [6, 6.07) is 12.6. The van der Waals surface area contributed by atoms with Crippen molar-refractivity contribution in [1.29, 1.82) is 0 Å². The molecule has 2 aromatic rings. The Kier molecular flexibility index (Phi) is 6.19. The molecule has 0 saturated heterocycles. The van der Waals surface area contributed by atoms with Crippen LogP contribution in [0.1, 0.15) is 10.4 Å². The van der Waals surface area contributed by atoms with Crippen LogP contribution >= 0.6 is 12.2 Å². The Hall–Kier alpha value is -3.26. The SMILES string of the molecule is C=CCOc1ccc(NC(=S)NC(=O)c2ccccc2[N+](=O)[O-])cc1. The molecule has 128 valence electrons. The van der Waals surface area contributed by atoms with E-state index in [2.05, 4.69) is 17.2 Å².